The summed E-state index contributed by atoms with van der Waals surface area (Å²) in [6.07, 6.45) is 0. The number of nitriles is 1. The Hall–Kier alpha value is -1.99. The summed E-state index contributed by atoms with van der Waals surface area (Å²) in [4.78, 5) is 14.8. The second kappa shape index (κ2) is 6.25. The third-order valence-corrected chi connectivity index (χ3v) is 4.60. The van der Waals surface area contributed by atoms with Gasteiger partial charge in [-0.2, -0.15) is 5.26 Å². The molecule has 120 valence electrons. The van der Waals surface area contributed by atoms with Crippen molar-refractivity contribution in [3.63, 3.8) is 0 Å². The van der Waals surface area contributed by atoms with E-state index in [0.29, 0.717) is 5.69 Å². The molecule has 0 unspecified atom stereocenters. The minimum Gasteiger partial charge on any atom is -0.313 e. The summed E-state index contributed by atoms with van der Waals surface area (Å²) in [5, 5.41) is 14.1. The number of anilines is 1. The summed E-state index contributed by atoms with van der Waals surface area (Å²) < 4.78 is 22.2. The number of primary sulfonamides is 1. The van der Waals surface area contributed by atoms with Crippen molar-refractivity contribution in [1.29, 1.82) is 5.26 Å². The Kier molecular flexibility index (Phi) is 4.72. The Bertz CT molecular complexity index is 860. The number of sulfonamides is 1. The number of benzene rings is 1. The van der Waals surface area contributed by atoms with E-state index in [0.717, 1.165) is 0 Å². The molecule has 0 bridgehead atoms. The number of nitrogens with zero attached hydrogens (tertiary/aromatic N) is 3. The summed E-state index contributed by atoms with van der Waals surface area (Å²) in [7, 11) is -3.70. The molecule has 1 fully saturated rings. The molecular weight excluding hydrogens is 360 g/mol. The molecule has 1 aliphatic heterocycles. The van der Waals surface area contributed by atoms with Crippen LogP contribution >= 0.6 is 23.8 Å². The van der Waals surface area contributed by atoms with Gasteiger partial charge in [-0.25, -0.2) is 13.6 Å². The lowest BCUT2D eigenvalue weighted by Gasteiger charge is -2.19. The number of amides is 1. The van der Waals surface area contributed by atoms with E-state index in [2.05, 4.69) is 6.58 Å². The fourth-order valence-corrected chi connectivity index (χ4v) is 3.02. The maximum absolute atomic E-state index is 12.3. The number of nitrogens with two attached hydrogens (primary N) is 1. The second-order valence-electron chi connectivity index (χ2n) is 4.66. The van der Waals surface area contributed by atoms with Gasteiger partial charge < -0.3 is 4.90 Å². The predicted molar refractivity (Wildman–Crippen MR) is 90.1 cm³/mol. The Morgan fingerprint density at radius 2 is 2.09 bits per heavy atom. The van der Waals surface area contributed by atoms with Crippen molar-refractivity contribution in [1.82, 2.24) is 4.90 Å². The van der Waals surface area contributed by atoms with Crippen molar-refractivity contribution in [3.05, 3.63) is 41.1 Å². The van der Waals surface area contributed by atoms with Crippen molar-refractivity contribution in [2.24, 2.45) is 5.14 Å². The van der Waals surface area contributed by atoms with Gasteiger partial charge in [-0.05, 0) is 30.4 Å². The van der Waals surface area contributed by atoms with Gasteiger partial charge in [-0.1, -0.05) is 18.2 Å². The van der Waals surface area contributed by atoms with Crippen LogP contribution in [0.2, 0.25) is 5.02 Å². The molecule has 1 aliphatic rings. The largest absolute Gasteiger partial charge is 0.313 e. The van der Waals surface area contributed by atoms with Crippen molar-refractivity contribution in [3.8, 4) is 6.07 Å². The minimum atomic E-state index is -3.70. The van der Waals surface area contributed by atoms with E-state index in [-0.39, 0.29) is 33.7 Å². The number of carbonyl (C=O) groups is 1. The number of halogens is 1. The number of hydrogen-bond donors (Lipinski definition) is 1. The van der Waals surface area contributed by atoms with Crippen LogP contribution in [-0.4, -0.2) is 36.6 Å². The van der Waals surface area contributed by atoms with Gasteiger partial charge in [0.1, 0.15) is 11.8 Å². The topological polar surface area (TPSA) is 108 Å². The summed E-state index contributed by atoms with van der Waals surface area (Å²) in [6.45, 7) is 3.55. The standard InChI is InChI=1S/C13H11ClN4O3S2/c1-8-12(19)18(10-3-2-9(7-15)11(14)6-10)13(22)17(8)4-5-23(16,20)21/h2-3,6H,1,4-5H2,(H2,16,20,21). The fourth-order valence-electron chi connectivity index (χ4n) is 1.98. The van der Waals surface area contributed by atoms with Crippen LogP contribution in [-0.2, 0) is 14.8 Å². The Balaban J connectivity index is 2.32. The van der Waals surface area contributed by atoms with E-state index in [1.165, 1.54) is 28.0 Å². The summed E-state index contributed by atoms with van der Waals surface area (Å²) in [5.74, 6) is -0.869. The van der Waals surface area contributed by atoms with Gasteiger partial charge in [0, 0.05) is 6.54 Å². The molecule has 2 N–H and O–H groups in total. The summed E-state index contributed by atoms with van der Waals surface area (Å²) >= 11 is 11.2. The predicted octanol–water partition coefficient (Wildman–Crippen LogP) is 0.947. The zero-order chi connectivity index (χ0) is 17.4. The van der Waals surface area contributed by atoms with Crippen LogP contribution in [0.3, 0.4) is 0 Å². The number of hydrogen-bond acceptors (Lipinski definition) is 5. The summed E-state index contributed by atoms with van der Waals surface area (Å²) in [6, 6.07) is 6.33. The number of thiocarbonyl (C=S) groups is 1. The third kappa shape index (κ3) is 3.51. The highest BCUT2D eigenvalue weighted by atomic mass is 35.5. The van der Waals surface area contributed by atoms with Crippen LogP contribution in [0.4, 0.5) is 5.69 Å². The molecule has 10 heteroatoms. The monoisotopic (exact) mass is 370 g/mol. The first-order chi connectivity index (χ1) is 10.7. The highest BCUT2D eigenvalue weighted by molar-refractivity contribution is 7.89. The van der Waals surface area contributed by atoms with Gasteiger partial charge >= 0.3 is 0 Å². The van der Waals surface area contributed by atoms with E-state index in [4.69, 9.17) is 34.2 Å². The molecule has 0 atom stereocenters. The second-order valence-corrected chi connectivity index (χ2v) is 7.17. The molecule has 1 saturated heterocycles. The van der Waals surface area contributed by atoms with Crippen LogP contribution in [0.1, 0.15) is 5.56 Å². The number of carbonyl (C=O) groups excluding carboxylic acids is 1. The molecule has 7 nitrogen and oxygen atoms in total. The van der Waals surface area contributed by atoms with Crippen LogP contribution in [0, 0.1) is 11.3 Å². The highest BCUT2D eigenvalue weighted by Crippen LogP contribution is 2.29. The molecule has 0 radical (unpaired) electrons. The van der Waals surface area contributed by atoms with Gasteiger partial charge in [0.15, 0.2) is 5.11 Å². The minimum absolute atomic E-state index is 0.0409. The quantitative estimate of drug-likeness (QED) is 0.624. The Morgan fingerprint density at radius 3 is 2.61 bits per heavy atom. The number of rotatable bonds is 4. The molecule has 23 heavy (non-hydrogen) atoms. The average molecular weight is 371 g/mol. The fraction of sp³-hybridized carbons (Fsp3) is 0.154. The van der Waals surface area contributed by atoms with E-state index in [1.807, 2.05) is 6.07 Å². The zero-order valence-electron chi connectivity index (χ0n) is 11.7. The molecule has 0 aliphatic carbocycles. The summed E-state index contributed by atoms with van der Waals surface area (Å²) in [5.41, 5.74) is 0.667. The Labute approximate surface area is 143 Å². The lowest BCUT2D eigenvalue weighted by Crippen LogP contribution is -2.35. The van der Waals surface area contributed by atoms with Crippen LogP contribution < -0.4 is 10.0 Å². The van der Waals surface area contributed by atoms with E-state index in [1.54, 1.807) is 0 Å². The molecule has 0 aromatic heterocycles. The molecule has 2 rings (SSSR count). The van der Waals surface area contributed by atoms with Crippen LogP contribution in [0.25, 0.3) is 0 Å². The van der Waals surface area contributed by atoms with Gasteiger partial charge in [0.2, 0.25) is 10.0 Å². The van der Waals surface area contributed by atoms with Gasteiger partial charge in [-0.15, -0.1) is 0 Å². The first-order valence-corrected chi connectivity index (χ1v) is 8.71. The lowest BCUT2D eigenvalue weighted by molar-refractivity contribution is -0.114. The normalized spacial score (nSPS) is 15.3. The van der Waals surface area contributed by atoms with Crippen molar-refractivity contribution in [2.75, 3.05) is 17.2 Å². The first-order valence-electron chi connectivity index (χ1n) is 6.20. The molecular formula is C13H11ClN4O3S2. The molecule has 1 aromatic rings. The lowest BCUT2D eigenvalue weighted by atomic mass is 10.2. The van der Waals surface area contributed by atoms with Crippen LogP contribution in [0.5, 0.6) is 0 Å². The van der Waals surface area contributed by atoms with Crippen molar-refractivity contribution >= 4 is 50.5 Å². The first kappa shape index (κ1) is 17.4. The Morgan fingerprint density at radius 1 is 1.43 bits per heavy atom. The van der Waals surface area contributed by atoms with E-state index in [9.17, 15) is 13.2 Å². The average Bonchev–Trinajstić information content (AvgIpc) is 2.66. The molecule has 0 saturated carbocycles. The molecule has 1 aromatic carbocycles. The molecule has 0 spiro atoms. The van der Waals surface area contributed by atoms with E-state index >= 15 is 0 Å². The highest BCUT2D eigenvalue weighted by Gasteiger charge is 2.38. The molecule has 1 heterocycles. The maximum Gasteiger partial charge on any atom is 0.280 e. The molecule has 1 amide bonds. The zero-order valence-corrected chi connectivity index (χ0v) is 14.1. The van der Waals surface area contributed by atoms with Gasteiger partial charge in [0.05, 0.1) is 22.0 Å². The van der Waals surface area contributed by atoms with E-state index < -0.39 is 15.9 Å². The van der Waals surface area contributed by atoms with Gasteiger partial charge in [0.25, 0.3) is 5.91 Å². The SMILES string of the molecule is C=C1C(=O)N(c2ccc(C#N)c(Cl)c2)C(=S)N1CCS(N)(=O)=O. The van der Waals surface area contributed by atoms with Crippen molar-refractivity contribution < 1.29 is 13.2 Å². The van der Waals surface area contributed by atoms with Gasteiger partial charge in [-0.3, -0.25) is 9.69 Å². The van der Waals surface area contributed by atoms with Crippen molar-refractivity contribution in [2.45, 2.75) is 0 Å². The smallest absolute Gasteiger partial charge is 0.280 e. The maximum atomic E-state index is 12.3. The third-order valence-electron chi connectivity index (χ3n) is 3.13. The van der Waals surface area contributed by atoms with Crippen LogP contribution in [0.15, 0.2) is 30.5 Å².